The number of unbranched alkanes of at least 4 members (excludes halogenated alkanes) is 1. The van der Waals surface area contributed by atoms with E-state index in [4.69, 9.17) is 14.2 Å². The van der Waals surface area contributed by atoms with Gasteiger partial charge in [-0.25, -0.2) is 0 Å². The third kappa shape index (κ3) is 6.55. The lowest BCUT2D eigenvalue weighted by atomic mass is 9.95. The molecule has 38 heavy (non-hydrogen) atoms. The van der Waals surface area contributed by atoms with Crippen molar-refractivity contribution >= 4 is 17.4 Å². The van der Waals surface area contributed by atoms with Gasteiger partial charge in [0.05, 0.1) is 38.0 Å². The second kappa shape index (κ2) is 13.4. The number of benzene rings is 2. The van der Waals surface area contributed by atoms with Crippen LogP contribution in [-0.4, -0.2) is 79.2 Å². The Morgan fingerprint density at radius 1 is 0.974 bits per heavy atom. The van der Waals surface area contributed by atoms with Gasteiger partial charge < -0.3 is 24.2 Å². The Kier molecular flexibility index (Phi) is 9.79. The number of hydrogen-bond acceptors (Lipinski definition) is 7. The van der Waals surface area contributed by atoms with E-state index in [9.17, 15) is 14.7 Å². The molecule has 2 fully saturated rings. The van der Waals surface area contributed by atoms with Crippen LogP contribution in [0.1, 0.15) is 50.3 Å². The van der Waals surface area contributed by atoms with Gasteiger partial charge in [-0.15, -0.1) is 0 Å². The smallest absolute Gasteiger partial charge is 0.295 e. The predicted molar refractivity (Wildman–Crippen MR) is 145 cm³/mol. The lowest BCUT2D eigenvalue weighted by Crippen LogP contribution is -2.38. The van der Waals surface area contributed by atoms with Gasteiger partial charge in [0.25, 0.3) is 11.7 Å². The van der Waals surface area contributed by atoms with Gasteiger partial charge in [0.15, 0.2) is 0 Å². The van der Waals surface area contributed by atoms with Crippen molar-refractivity contribution in [3.63, 3.8) is 0 Å². The third-order valence-corrected chi connectivity index (χ3v) is 6.90. The third-order valence-electron chi connectivity index (χ3n) is 6.90. The fraction of sp³-hybridized carbons (Fsp3) is 0.467. The largest absolute Gasteiger partial charge is 0.507 e. The topological polar surface area (TPSA) is 88.5 Å². The molecule has 0 radical (unpaired) electrons. The molecule has 2 aromatic rings. The normalized spacial score (nSPS) is 19.6. The van der Waals surface area contributed by atoms with Gasteiger partial charge in [0.1, 0.15) is 17.3 Å². The average molecular weight is 523 g/mol. The van der Waals surface area contributed by atoms with Gasteiger partial charge in [0.2, 0.25) is 0 Å². The van der Waals surface area contributed by atoms with Gasteiger partial charge in [-0.3, -0.25) is 14.5 Å². The summed E-state index contributed by atoms with van der Waals surface area (Å²) < 4.78 is 16.8. The van der Waals surface area contributed by atoms with Crippen LogP contribution < -0.4 is 9.47 Å². The van der Waals surface area contributed by atoms with E-state index in [0.29, 0.717) is 56.5 Å². The van der Waals surface area contributed by atoms with Crippen LogP contribution in [0.25, 0.3) is 5.76 Å². The van der Waals surface area contributed by atoms with Crippen molar-refractivity contribution in [3.05, 3.63) is 65.2 Å². The van der Waals surface area contributed by atoms with Gasteiger partial charge in [-0.05, 0) is 49.6 Å². The lowest BCUT2D eigenvalue weighted by Gasteiger charge is -2.29. The van der Waals surface area contributed by atoms with Gasteiger partial charge in [0, 0.05) is 31.7 Å². The molecule has 4 rings (SSSR count). The van der Waals surface area contributed by atoms with Crippen LogP contribution in [0.2, 0.25) is 0 Å². The number of morpholine rings is 1. The minimum Gasteiger partial charge on any atom is -0.507 e. The first-order valence-corrected chi connectivity index (χ1v) is 13.6. The van der Waals surface area contributed by atoms with Crippen molar-refractivity contribution in [2.24, 2.45) is 0 Å². The number of carbonyl (C=O) groups excluding carboxylic acids is 2. The lowest BCUT2D eigenvalue weighted by molar-refractivity contribution is -0.140. The first-order chi connectivity index (χ1) is 18.5. The number of aliphatic hydroxyl groups excluding tert-OH is 1. The molecule has 8 nitrogen and oxygen atoms in total. The highest BCUT2D eigenvalue weighted by Gasteiger charge is 2.45. The Hall–Kier alpha value is -3.36. The van der Waals surface area contributed by atoms with Gasteiger partial charge >= 0.3 is 0 Å². The summed E-state index contributed by atoms with van der Waals surface area (Å²) >= 11 is 0. The second-order valence-corrected chi connectivity index (χ2v) is 9.53. The number of likely N-dealkylation sites (tertiary alicyclic amines) is 1. The van der Waals surface area contributed by atoms with Crippen molar-refractivity contribution in [1.29, 1.82) is 0 Å². The van der Waals surface area contributed by atoms with Crippen LogP contribution in [0.15, 0.2) is 54.1 Å². The summed E-state index contributed by atoms with van der Waals surface area (Å²) in [6.45, 7) is 9.45. The summed E-state index contributed by atoms with van der Waals surface area (Å²) in [6.07, 6.45) is 2.64. The number of amides is 1. The molecule has 1 atom stereocenters. The minimum absolute atomic E-state index is 0.0937. The second-order valence-electron chi connectivity index (χ2n) is 9.53. The zero-order valence-electron chi connectivity index (χ0n) is 22.4. The van der Waals surface area contributed by atoms with E-state index >= 15 is 0 Å². The maximum Gasteiger partial charge on any atom is 0.295 e. The average Bonchev–Trinajstić information content (AvgIpc) is 3.19. The van der Waals surface area contributed by atoms with Crippen LogP contribution in [0.3, 0.4) is 0 Å². The summed E-state index contributed by atoms with van der Waals surface area (Å²) in [4.78, 5) is 30.5. The summed E-state index contributed by atoms with van der Waals surface area (Å²) in [5.41, 5.74) is 1.29. The number of Topliss-reactive ketones (excluding diaryl/α,β-unsaturated/α-hetero) is 1. The predicted octanol–water partition coefficient (Wildman–Crippen LogP) is 4.41. The fourth-order valence-electron chi connectivity index (χ4n) is 4.88. The molecule has 1 amide bonds. The van der Waals surface area contributed by atoms with Crippen molar-refractivity contribution in [2.75, 3.05) is 52.6 Å². The Bertz CT molecular complexity index is 1120. The maximum absolute atomic E-state index is 13.4. The Labute approximate surface area is 224 Å². The van der Waals surface area contributed by atoms with E-state index in [1.54, 1.807) is 23.1 Å². The SMILES string of the molecule is CCCCOc1cccc(C(O)=C2C(=O)C(=O)N(CCCN3CCOCC3)C2c2ccc(OCC)cc2)c1. The number of ether oxygens (including phenoxy) is 3. The summed E-state index contributed by atoms with van der Waals surface area (Å²) in [6, 6.07) is 13.7. The molecule has 0 saturated carbocycles. The molecule has 204 valence electrons. The first-order valence-electron chi connectivity index (χ1n) is 13.6. The zero-order chi connectivity index (χ0) is 26.9. The van der Waals surface area contributed by atoms with Crippen LogP contribution in [0.5, 0.6) is 11.5 Å². The van der Waals surface area contributed by atoms with Crippen LogP contribution in [0.4, 0.5) is 0 Å². The molecule has 0 aliphatic carbocycles. The molecule has 2 saturated heterocycles. The quantitative estimate of drug-likeness (QED) is 0.191. The van der Waals surface area contributed by atoms with Crippen LogP contribution in [-0.2, 0) is 14.3 Å². The number of ketones is 1. The highest BCUT2D eigenvalue weighted by atomic mass is 16.5. The molecule has 1 unspecified atom stereocenters. The van der Waals surface area contributed by atoms with Gasteiger partial charge in [-0.2, -0.15) is 0 Å². The molecule has 2 heterocycles. The summed E-state index contributed by atoms with van der Waals surface area (Å²) in [5, 5.41) is 11.4. The van der Waals surface area contributed by atoms with Crippen LogP contribution in [0, 0.1) is 0 Å². The molecule has 8 heteroatoms. The molecule has 2 aliphatic rings. The Morgan fingerprint density at radius 2 is 1.74 bits per heavy atom. The van der Waals surface area contributed by atoms with E-state index in [2.05, 4.69) is 11.8 Å². The van der Waals surface area contributed by atoms with Crippen molar-refractivity contribution in [3.8, 4) is 11.5 Å². The number of carbonyl (C=O) groups is 2. The molecule has 0 bridgehead atoms. The number of rotatable bonds is 12. The highest BCUT2D eigenvalue weighted by molar-refractivity contribution is 6.46. The summed E-state index contributed by atoms with van der Waals surface area (Å²) in [5.74, 6) is -0.149. The first kappa shape index (κ1) is 27.7. The van der Waals surface area contributed by atoms with Crippen LogP contribution >= 0.6 is 0 Å². The Balaban J connectivity index is 1.65. The molecule has 0 aromatic heterocycles. The molecule has 2 aromatic carbocycles. The monoisotopic (exact) mass is 522 g/mol. The zero-order valence-corrected chi connectivity index (χ0v) is 22.4. The molecule has 0 spiro atoms. The van der Waals surface area contributed by atoms with E-state index in [-0.39, 0.29) is 11.3 Å². The number of aliphatic hydroxyl groups is 1. The molecule has 2 aliphatic heterocycles. The van der Waals surface area contributed by atoms with E-state index in [0.717, 1.165) is 38.0 Å². The number of hydrogen-bond donors (Lipinski definition) is 1. The maximum atomic E-state index is 13.4. The standard InChI is InChI=1S/C30H38N2O6/c1-3-5-18-38-25-9-6-8-23(21-25)28(33)26-27(22-10-12-24(13-11-22)37-4-2)32(30(35)29(26)34)15-7-14-31-16-19-36-20-17-31/h6,8-13,21,27,33H,3-5,7,14-20H2,1-2H3. The minimum atomic E-state index is -0.694. The number of nitrogens with zero attached hydrogens (tertiary/aromatic N) is 2. The van der Waals surface area contributed by atoms with Crippen molar-refractivity contribution in [1.82, 2.24) is 9.80 Å². The van der Waals surface area contributed by atoms with E-state index in [1.165, 1.54) is 0 Å². The molecular formula is C30H38N2O6. The highest BCUT2D eigenvalue weighted by Crippen LogP contribution is 2.40. The molecule has 1 N–H and O–H groups in total. The summed E-state index contributed by atoms with van der Waals surface area (Å²) in [7, 11) is 0. The van der Waals surface area contributed by atoms with Gasteiger partial charge in [-0.1, -0.05) is 37.6 Å². The fourth-order valence-corrected chi connectivity index (χ4v) is 4.88. The van der Waals surface area contributed by atoms with Crippen molar-refractivity contribution < 1.29 is 28.9 Å². The molecular weight excluding hydrogens is 484 g/mol. The van der Waals surface area contributed by atoms with E-state index in [1.807, 2.05) is 37.3 Å². The van der Waals surface area contributed by atoms with Crippen molar-refractivity contribution in [2.45, 2.75) is 39.2 Å². The Morgan fingerprint density at radius 3 is 2.45 bits per heavy atom. The van der Waals surface area contributed by atoms with E-state index < -0.39 is 17.7 Å².